The zero-order valence-electron chi connectivity index (χ0n) is 13.1. The van der Waals surface area contributed by atoms with Gasteiger partial charge in [0.15, 0.2) is 0 Å². The largest absolute Gasteiger partial charge is 0.491 e. The minimum Gasteiger partial charge on any atom is -0.491 e. The van der Waals surface area contributed by atoms with Crippen molar-refractivity contribution in [2.24, 2.45) is 0 Å². The van der Waals surface area contributed by atoms with E-state index in [-0.39, 0.29) is 18.7 Å². The Morgan fingerprint density at radius 1 is 1.29 bits per heavy atom. The summed E-state index contributed by atoms with van der Waals surface area (Å²) in [4.78, 5) is 13.8. The number of rotatable bonds is 8. The third-order valence-electron chi connectivity index (χ3n) is 2.92. The van der Waals surface area contributed by atoms with E-state index in [4.69, 9.17) is 9.84 Å². The second-order valence-corrected chi connectivity index (χ2v) is 5.19. The number of nitrogens with zero attached hydrogens (tertiary/aromatic N) is 1. The lowest BCUT2D eigenvalue weighted by atomic mass is 10.3. The van der Waals surface area contributed by atoms with Gasteiger partial charge in [0.1, 0.15) is 5.75 Å². The summed E-state index contributed by atoms with van der Waals surface area (Å²) in [5.74, 6) is 0.779. The molecule has 0 heterocycles. The minimum atomic E-state index is -0.185. The zero-order valence-corrected chi connectivity index (χ0v) is 13.1. The molecule has 5 heteroatoms. The van der Waals surface area contributed by atoms with Crippen LogP contribution in [0, 0.1) is 0 Å². The highest BCUT2D eigenvalue weighted by Crippen LogP contribution is 2.17. The van der Waals surface area contributed by atoms with E-state index in [0.29, 0.717) is 13.1 Å². The molecule has 0 spiro atoms. The maximum absolute atomic E-state index is 12.1. The van der Waals surface area contributed by atoms with Crippen LogP contribution in [-0.2, 0) is 0 Å². The molecule has 0 aliphatic carbocycles. The molecule has 0 radical (unpaired) electrons. The number of benzene rings is 1. The fourth-order valence-corrected chi connectivity index (χ4v) is 1.88. The Balaban J connectivity index is 2.59. The summed E-state index contributed by atoms with van der Waals surface area (Å²) < 4.78 is 5.56. The first kappa shape index (κ1) is 17.3. The van der Waals surface area contributed by atoms with Gasteiger partial charge in [-0.3, -0.25) is 0 Å². The van der Waals surface area contributed by atoms with Crippen LogP contribution in [-0.4, -0.2) is 41.8 Å². The number of anilines is 1. The van der Waals surface area contributed by atoms with E-state index in [1.165, 1.54) is 0 Å². The van der Waals surface area contributed by atoms with Crippen molar-refractivity contribution in [1.29, 1.82) is 0 Å². The Hall–Kier alpha value is -1.75. The molecule has 1 rings (SSSR count). The molecular formula is C16H26N2O3. The molecule has 0 atom stereocenters. The number of nitrogens with one attached hydrogen (secondary N) is 1. The Morgan fingerprint density at radius 3 is 2.48 bits per heavy atom. The molecule has 0 unspecified atom stereocenters. The third-order valence-corrected chi connectivity index (χ3v) is 2.92. The molecule has 0 aromatic heterocycles. The Kier molecular flexibility index (Phi) is 7.61. The second kappa shape index (κ2) is 9.23. The van der Waals surface area contributed by atoms with E-state index in [1.807, 2.05) is 38.1 Å². The summed E-state index contributed by atoms with van der Waals surface area (Å²) in [5, 5.41) is 11.9. The molecule has 1 aromatic rings. The summed E-state index contributed by atoms with van der Waals surface area (Å²) >= 11 is 0. The van der Waals surface area contributed by atoms with Crippen LogP contribution in [0.2, 0.25) is 0 Å². The smallest absolute Gasteiger partial charge is 0.321 e. The summed E-state index contributed by atoms with van der Waals surface area (Å²) in [5.41, 5.74) is 0.718. The van der Waals surface area contributed by atoms with Gasteiger partial charge in [-0.15, -0.1) is 0 Å². The number of aliphatic hydroxyl groups excluding tert-OH is 1. The summed E-state index contributed by atoms with van der Waals surface area (Å²) in [6, 6.07) is 7.10. The number of carbonyl (C=O) groups is 1. The third kappa shape index (κ3) is 6.49. The number of urea groups is 1. The molecule has 2 amide bonds. The quantitative estimate of drug-likeness (QED) is 0.774. The zero-order chi connectivity index (χ0) is 15.7. The molecule has 5 nitrogen and oxygen atoms in total. The van der Waals surface area contributed by atoms with E-state index in [0.717, 1.165) is 24.3 Å². The maximum atomic E-state index is 12.1. The molecule has 0 saturated carbocycles. The van der Waals surface area contributed by atoms with Gasteiger partial charge >= 0.3 is 6.03 Å². The number of aliphatic hydroxyl groups is 1. The van der Waals surface area contributed by atoms with Crippen molar-refractivity contribution in [2.75, 3.05) is 25.0 Å². The van der Waals surface area contributed by atoms with Crippen LogP contribution in [0.1, 0.15) is 33.6 Å². The van der Waals surface area contributed by atoms with Gasteiger partial charge in [0, 0.05) is 18.8 Å². The average molecular weight is 294 g/mol. The van der Waals surface area contributed by atoms with Gasteiger partial charge in [-0.05, 0) is 44.5 Å². The lowest BCUT2D eigenvalue weighted by Gasteiger charge is -2.22. The number of unbranched alkanes of at least 4 members (excludes halogenated alkanes) is 1. The summed E-state index contributed by atoms with van der Waals surface area (Å²) in [6.07, 6.45) is 2.06. The lowest BCUT2D eigenvalue weighted by molar-refractivity contribution is 0.187. The highest BCUT2D eigenvalue weighted by molar-refractivity contribution is 5.89. The molecule has 0 bridgehead atoms. The van der Waals surface area contributed by atoms with E-state index < -0.39 is 0 Å². The van der Waals surface area contributed by atoms with Gasteiger partial charge in [0.2, 0.25) is 0 Å². The molecular weight excluding hydrogens is 268 g/mol. The van der Waals surface area contributed by atoms with Crippen molar-refractivity contribution in [2.45, 2.75) is 39.7 Å². The number of hydrogen-bond donors (Lipinski definition) is 2. The van der Waals surface area contributed by atoms with Crippen molar-refractivity contribution in [3.8, 4) is 5.75 Å². The highest BCUT2D eigenvalue weighted by Gasteiger charge is 2.12. The van der Waals surface area contributed by atoms with Gasteiger partial charge in [-0.1, -0.05) is 13.3 Å². The van der Waals surface area contributed by atoms with E-state index >= 15 is 0 Å². The molecule has 0 aliphatic rings. The molecule has 118 valence electrons. The predicted octanol–water partition coefficient (Wildman–Crippen LogP) is 3.10. The topological polar surface area (TPSA) is 61.8 Å². The van der Waals surface area contributed by atoms with Crippen LogP contribution in [0.15, 0.2) is 24.3 Å². The van der Waals surface area contributed by atoms with Crippen LogP contribution in [0.3, 0.4) is 0 Å². The van der Waals surface area contributed by atoms with Gasteiger partial charge < -0.3 is 20.1 Å². The van der Waals surface area contributed by atoms with Crippen molar-refractivity contribution in [3.05, 3.63) is 24.3 Å². The Labute approximate surface area is 126 Å². The molecule has 0 saturated heterocycles. The Bertz CT molecular complexity index is 418. The van der Waals surface area contributed by atoms with Crippen LogP contribution in [0.25, 0.3) is 0 Å². The summed E-state index contributed by atoms with van der Waals surface area (Å²) in [7, 11) is 0. The monoisotopic (exact) mass is 294 g/mol. The van der Waals surface area contributed by atoms with Gasteiger partial charge in [-0.25, -0.2) is 4.79 Å². The first-order valence-electron chi connectivity index (χ1n) is 7.50. The predicted molar refractivity (Wildman–Crippen MR) is 84.8 cm³/mol. The van der Waals surface area contributed by atoms with E-state index in [2.05, 4.69) is 12.2 Å². The number of ether oxygens (including phenoxy) is 1. The van der Waals surface area contributed by atoms with E-state index in [9.17, 15) is 4.79 Å². The highest BCUT2D eigenvalue weighted by atomic mass is 16.5. The fraction of sp³-hybridized carbons (Fsp3) is 0.562. The van der Waals surface area contributed by atoms with Gasteiger partial charge in [-0.2, -0.15) is 0 Å². The van der Waals surface area contributed by atoms with E-state index in [1.54, 1.807) is 4.90 Å². The average Bonchev–Trinajstić information content (AvgIpc) is 2.45. The number of hydrogen-bond acceptors (Lipinski definition) is 3. The first-order chi connectivity index (χ1) is 10.1. The van der Waals surface area contributed by atoms with Gasteiger partial charge in [0.05, 0.1) is 12.7 Å². The summed E-state index contributed by atoms with van der Waals surface area (Å²) in [6.45, 7) is 6.98. The maximum Gasteiger partial charge on any atom is 0.321 e. The first-order valence-corrected chi connectivity index (χ1v) is 7.50. The Morgan fingerprint density at radius 2 is 1.95 bits per heavy atom. The number of amides is 2. The van der Waals surface area contributed by atoms with Crippen molar-refractivity contribution in [1.82, 2.24) is 4.90 Å². The van der Waals surface area contributed by atoms with Crippen molar-refractivity contribution >= 4 is 11.7 Å². The van der Waals surface area contributed by atoms with Crippen LogP contribution < -0.4 is 10.1 Å². The molecule has 0 fully saturated rings. The number of carbonyl (C=O) groups excluding carboxylic acids is 1. The van der Waals surface area contributed by atoms with Gasteiger partial charge in [0.25, 0.3) is 0 Å². The van der Waals surface area contributed by atoms with Crippen LogP contribution >= 0.6 is 0 Å². The SMILES string of the molecule is CCCCN(CCO)C(=O)Nc1ccc(OC(C)C)cc1. The second-order valence-electron chi connectivity index (χ2n) is 5.19. The lowest BCUT2D eigenvalue weighted by Crippen LogP contribution is -2.37. The molecule has 1 aromatic carbocycles. The molecule has 0 aliphatic heterocycles. The molecule has 2 N–H and O–H groups in total. The normalized spacial score (nSPS) is 10.5. The minimum absolute atomic E-state index is 0.0295. The molecule has 21 heavy (non-hydrogen) atoms. The fourth-order valence-electron chi connectivity index (χ4n) is 1.88. The van der Waals surface area contributed by atoms with Crippen LogP contribution in [0.5, 0.6) is 5.75 Å². The standard InChI is InChI=1S/C16H26N2O3/c1-4-5-10-18(11-12-19)16(20)17-14-6-8-15(9-7-14)21-13(2)3/h6-9,13,19H,4-5,10-12H2,1-3H3,(H,17,20). The van der Waals surface area contributed by atoms with Crippen LogP contribution in [0.4, 0.5) is 10.5 Å². The van der Waals surface area contributed by atoms with Crippen molar-refractivity contribution in [3.63, 3.8) is 0 Å². The van der Waals surface area contributed by atoms with Crippen molar-refractivity contribution < 1.29 is 14.6 Å².